The quantitative estimate of drug-likeness (QED) is 0.791. The standard InChI is InChI=1S/C15H15NO2/c1-10-7-13(17)8-11(2)15(10)16-9-12-5-3-4-6-14(12)18/h3-9,17-18H,1-2H3. The Morgan fingerprint density at radius 1 is 1.00 bits per heavy atom. The summed E-state index contributed by atoms with van der Waals surface area (Å²) in [6.45, 7) is 3.79. The summed E-state index contributed by atoms with van der Waals surface area (Å²) in [5.74, 6) is 0.446. The number of hydrogen-bond acceptors (Lipinski definition) is 3. The fourth-order valence-corrected chi connectivity index (χ4v) is 1.87. The molecule has 0 aliphatic rings. The van der Waals surface area contributed by atoms with Gasteiger partial charge in [-0.15, -0.1) is 0 Å². The van der Waals surface area contributed by atoms with E-state index in [1.807, 2.05) is 19.9 Å². The van der Waals surface area contributed by atoms with Crippen LogP contribution in [0.3, 0.4) is 0 Å². The van der Waals surface area contributed by atoms with Gasteiger partial charge in [-0.1, -0.05) is 12.1 Å². The highest BCUT2D eigenvalue weighted by Crippen LogP contribution is 2.28. The van der Waals surface area contributed by atoms with Gasteiger partial charge in [0, 0.05) is 11.8 Å². The van der Waals surface area contributed by atoms with Crippen molar-refractivity contribution >= 4 is 11.9 Å². The molecule has 0 bridgehead atoms. The van der Waals surface area contributed by atoms with Crippen molar-refractivity contribution in [2.24, 2.45) is 4.99 Å². The van der Waals surface area contributed by atoms with Crippen molar-refractivity contribution < 1.29 is 10.2 Å². The molecule has 2 aromatic carbocycles. The molecule has 18 heavy (non-hydrogen) atoms. The third kappa shape index (κ3) is 2.51. The summed E-state index contributed by atoms with van der Waals surface area (Å²) in [6.07, 6.45) is 1.63. The lowest BCUT2D eigenvalue weighted by Gasteiger charge is -2.05. The van der Waals surface area contributed by atoms with Crippen LogP contribution in [0.15, 0.2) is 41.4 Å². The highest BCUT2D eigenvalue weighted by molar-refractivity contribution is 5.85. The SMILES string of the molecule is Cc1cc(O)cc(C)c1N=Cc1ccccc1O. The Morgan fingerprint density at radius 2 is 1.61 bits per heavy atom. The minimum atomic E-state index is 0.204. The Hall–Kier alpha value is -2.29. The summed E-state index contributed by atoms with van der Waals surface area (Å²) in [6, 6.07) is 10.4. The summed E-state index contributed by atoms with van der Waals surface area (Å²) in [5.41, 5.74) is 3.29. The van der Waals surface area contributed by atoms with Crippen molar-refractivity contribution in [1.29, 1.82) is 0 Å². The fourth-order valence-electron chi connectivity index (χ4n) is 1.87. The van der Waals surface area contributed by atoms with Gasteiger partial charge < -0.3 is 10.2 Å². The number of aryl methyl sites for hydroxylation is 2. The molecule has 0 aliphatic heterocycles. The van der Waals surface area contributed by atoms with Crippen molar-refractivity contribution in [2.75, 3.05) is 0 Å². The Morgan fingerprint density at radius 3 is 2.22 bits per heavy atom. The number of phenols is 2. The van der Waals surface area contributed by atoms with E-state index in [9.17, 15) is 10.2 Å². The lowest BCUT2D eigenvalue weighted by molar-refractivity contribution is 0.473. The van der Waals surface area contributed by atoms with Gasteiger partial charge in [-0.05, 0) is 49.2 Å². The van der Waals surface area contributed by atoms with Crippen molar-refractivity contribution in [2.45, 2.75) is 13.8 Å². The van der Waals surface area contributed by atoms with E-state index in [-0.39, 0.29) is 11.5 Å². The molecule has 0 radical (unpaired) electrons. The Bertz CT molecular complexity index is 580. The van der Waals surface area contributed by atoms with Gasteiger partial charge >= 0.3 is 0 Å². The number of phenolic OH excluding ortho intramolecular Hbond substituents is 2. The number of hydrogen-bond donors (Lipinski definition) is 2. The Balaban J connectivity index is 2.38. The van der Waals surface area contributed by atoms with E-state index < -0.39 is 0 Å². The minimum absolute atomic E-state index is 0.204. The molecular weight excluding hydrogens is 226 g/mol. The number of aliphatic imine (C=N–C) groups is 1. The molecular formula is C15H15NO2. The molecule has 2 rings (SSSR count). The first-order valence-electron chi connectivity index (χ1n) is 5.70. The summed E-state index contributed by atoms with van der Waals surface area (Å²) in [4.78, 5) is 4.38. The second-order valence-corrected chi connectivity index (χ2v) is 4.25. The lowest BCUT2D eigenvalue weighted by atomic mass is 10.1. The van der Waals surface area contributed by atoms with Gasteiger partial charge in [0.15, 0.2) is 0 Å². The smallest absolute Gasteiger partial charge is 0.124 e. The predicted molar refractivity (Wildman–Crippen MR) is 72.9 cm³/mol. The maximum atomic E-state index is 9.64. The van der Waals surface area contributed by atoms with Gasteiger partial charge in [0.2, 0.25) is 0 Å². The van der Waals surface area contributed by atoms with Crippen LogP contribution in [0.25, 0.3) is 0 Å². The molecule has 2 N–H and O–H groups in total. The first kappa shape index (κ1) is 12.2. The zero-order valence-corrected chi connectivity index (χ0v) is 10.4. The van der Waals surface area contributed by atoms with Gasteiger partial charge in [0.05, 0.1) is 5.69 Å². The third-order valence-corrected chi connectivity index (χ3v) is 2.75. The molecule has 92 valence electrons. The van der Waals surface area contributed by atoms with Crippen LogP contribution < -0.4 is 0 Å². The van der Waals surface area contributed by atoms with Gasteiger partial charge in [-0.25, -0.2) is 0 Å². The Labute approximate surface area is 106 Å². The van der Waals surface area contributed by atoms with Gasteiger partial charge in [-0.2, -0.15) is 0 Å². The normalized spacial score (nSPS) is 11.0. The van der Waals surface area contributed by atoms with Gasteiger partial charge in [0.1, 0.15) is 11.5 Å². The predicted octanol–water partition coefficient (Wildman–Crippen LogP) is 3.47. The third-order valence-electron chi connectivity index (χ3n) is 2.75. The van der Waals surface area contributed by atoms with E-state index in [0.29, 0.717) is 5.56 Å². The van der Waals surface area contributed by atoms with E-state index >= 15 is 0 Å². The molecule has 3 heteroatoms. The summed E-state index contributed by atoms with van der Waals surface area (Å²) < 4.78 is 0. The summed E-state index contributed by atoms with van der Waals surface area (Å²) >= 11 is 0. The van der Waals surface area contributed by atoms with Crippen molar-refractivity contribution in [3.8, 4) is 11.5 Å². The first-order valence-corrected chi connectivity index (χ1v) is 5.70. The zero-order valence-electron chi connectivity index (χ0n) is 10.4. The Kier molecular flexibility index (Phi) is 3.33. The largest absolute Gasteiger partial charge is 0.508 e. The van der Waals surface area contributed by atoms with E-state index in [1.54, 1.807) is 36.5 Å². The van der Waals surface area contributed by atoms with E-state index in [4.69, 9.17) is 0 Å². The van der Waals surface area contributed by atoms with Crippen LogP contribution in [0.4, 0.5) is 5.69 Å². The number of aromatic hydroxyl groups is 2. The van der Waals surface area contributed by atoms with E-state index in [0.717, 1.165) is 16.8 Å². The molecule has 0 heterocycles. The fraction of sp³-hybridized carbons (Fsp3) is 0.133. The molecule has 0 amide bonds. The average molecular weight is 241 g/mol. The van der Waals surface area contributed by atoms with Gasteiger partial charge in [-0.3, -0.25) is 4.99 Å². The molecule has 0 unspecified atom stereocenters. The number of nitrogens with zero attached hydrogens (tertiary/aromatic N) is 1. The van der Waals surface area contributed by atoms with Crippen LogP contribution in [0.2, 0.25) is 0 Å². The molecule has 0 atom stereocenters. The molecule has 2 aromatic rings. The van der Waals surface area contributed by atoms with Crippen LogP contribution in [-0.4, -0.2) is 16.4 Å². The zero-order chi connectivity index (χ0) is 13.1. The molecule has 0 saturated carbocycles. The molecule has 0 saturated heterocycles. The van der Waals surface area contributed by atoms with Crippen LogP contribution >= 0.6 is 0 Å². The average Bonchev–Trinajstić information content (AvgIpc) is 2.30. The lowest BCUT2D eigenvalue weighted by Crippen LogP contribution is -1.84. The van der Waals surface area contributed by atoms with Crippen molar-refractivity contribution in [1.82, 2.24) is 0 Å². The minimum Gasteiger partial charge on any atom is -0.508 e. The van der Waals surface area contributed by atoms with E-state index in [2.05, 4.69) is 4.99 Å². The van der Waals surface area contributed by atoms with E-state index in [1.165, 1.54) is 0 Å². The van der Waals surface area contributed by atoms with Crippen LogP contribution in [0.1, 0.15) is 16.7 Å². The second kappa shape index (κ2) is 4.92. The van der Waals surface area contributed by atoms with Crippen molar-refractivity contribution in [3.63, 3.8) is 0 Å². The van der Waals surface area contributed by atoms with Crippen LogP contribution in [-0.2, 0) is 0 Å². The van der Waals surface area contributed by atoms with Crippen LogP contribution in [0, 0.1) is 13.8 Å². The van der Waals surface area contributed by atoms with Crippen LogP contribution in [0.5, 0.6) is 11.5 Å². The summed E-state index contributed by atoms with van der Waals surface area (Å²) in [7, 11) is 0. The second-order valence-electron chi connectivity index (χ2n) is 4.25. The molecule has 0 fully saturated rings. The number of para-hydroxylation sites is 1. The van der Waals surface area contributed by atoms with Gasteiger partial charge in [0.25, 0.3) is 0 Å². The summed E-state index contributed by atoms with van der Waals surface area (Å²) in [5, 5.41) is 19.1. The highest BCUT2D eigenvalue weighted by atomic mass is 16.3. The number of benzene rings is 2. The number of rotatable bonds is 2. The monoisotopic (exact) mass is 241 g/mol. The highest BCUT2D eigenvalue weighted by Gasteiger charge is 2.03. The first-order chi connectivity index (χ1) is 8.58. The maximum Gasteiger partial charge on any atom is 0.124 e. The maximum absolute atomic E-state index is 9.64. The molecule has 0 aromatic heterocycles. The molecule has 0 spiro atoms. The van der Waals surface area contributed by atoms with Crippen molar-refractivity contribution in [3.05, 3.63) is 53.1 Å². The topological polar surface area (TPSA) is 52.8 Å². The molecule has 3 nitrogen and oxygen atoms in total. The molecule has 0 aliphatic carbocycles.